The second-order valence-corrected chi connectivity index (χ2v) is 6.71. The van der Waals surface area contributed by atoms with Gasteiger partial charge in [-0.2, -0.15) is 0 Å². The van der Waals surface area contributed by atoms with Gasteiger partial charge in [0.15, 0.2) is 0 Å². The molecule has 0 aliphatic carbocycles. The van der Waals surface area contributed by atoms with Gasteiger partial charge in [0.2, 0.25) is 10.0 Å². The van der Waals surface area contributed by atoms with Gasteiger partial charge in [-0.15, -0.1) is 0 Å². The number of rotatable bonds is 4. The van der Waals surface area contributed by atoms with Gasteiger partial charge in [-0.3, -0.25) is 0 Å². The maximum atomic E-state index is 13.5. The molecule has 1 fully saturated rings. The van der Waals surface area contributed by atoms with Crippen LogP contribution in [0.2, 0.25) is 0 Å². The van der Waals surface area contributed by atoms with Crippen molar-refractivity contribution in [3.8, 4) is 0 Å². The Labute approximate surface area is 113 Å². The normalized spacial score (nSPS) is 24.3. The molecule has 0 saturated carbocycles. The van der Waals surface area contributed by atoms with Crippen LogP contribution in [0.25, 0.3) is 0 Å². The van der Waals surface area contributed by atoms with E-state index in [-0.39, 0.29) is 23.4 Å². The summed E-state index contributed by atoms with van der Waals surface area (Å²) in [5.41, 5.74) is 0.200. The molecule has 6 heteroatoms. The van der Waals surface area contributed by atoms with Crippen LogP contribution in [0.4, 0.5) is 4.39 Å². The van der Waals surface area contributed by atoms with Crippen molar-refractivity contribution in [3.05, 3.63) is 35.6 Å². The molecule has 2 N–H and O–H groups in total. The molecule has 106 valence electrons. The van der Waals surface area contributed by atoms with Crippen LogP contribution in [0.5, 0.6) is 0 Å². The van der Waals surface area contributed by atoms with E-state index in [0.29, 0.717) is 0 Å². The van der Waals surface area contributed by atoms with Gasteiger partial charge < -0.3 is 5.32 Å². The Balaban J connectivity index is 2.04. The lowest BCUT2D eigenvalue weighted by atomic mass is 10.0. The summed E-state index contributed by atoms with van der Waals surface area (Å²) < 4.78 is 40.3. The Morgan fingerprint density at radius 2 is 2.16 bits per heavy atom. The van der Waals surface area contributed by atoms with Crippen LogP contribution in [-0.2, 0) is 15.8 Å². The number of sulfonamides is 1. The molecule has 1 saturated heterocycles. The van der Waals surface area contributed by atoms with Gasteiger partial charge in [-0.05, 0) is 32.4 Å². The molecule has 0 radical (unpaired) electrons. The molecule has 0 spiro atoms. The van der Waals surface area contributed by atoms with Gasteiger partial charge in [0.25, 0.3) is 0 Å². The monoisotopic (exact) mass is 286 g/mol. The zero-order chi connectivity index (χ0) is 13.9. The van der Waals surface area contributed by atoms with Gasteiger partial charge >= 0.3 is 0 Å². The van der Waals surface area contributed by atoms with Crippen molar-refractivity contribution in [2.75, 3.05) is 6.54 Å². The predicted octanol–water partition coefficient (Wildman–Crippen LogP) is 1.39. The number of hydrogen-bond donors (Lipinski definition) is 2. The summed E-state index contributed by atoms with van der Waals surface area (Å²) in [6.07, 6.45) is 1.75. The molecular formula is C13H19FN2O2S. The molecular weight excluding hydrogens is 267 g/mol. The topological polar surface area (TPSA) is 58.2 Å². The van der Waals surface area contributed by atoms with Crippen molar-refractivity contribution in [1.29, 1.82) is 0 Å². The third-order valence-electron chi connectivity index (χ3n) is 3.40. The number of hydrogen-bond acceptors (Lipinski definition) is 3. The van der Waals surface area contributed by atoms with Crippen LogP contribution in [0.3, 0.4) is 0 Å². The maximum Gasteiger partial charge on any atom is 0.216 e. The van der Waals surface area contributed by atoms with E-state index in [1.165, 1.54) is 12.1 Å². The van der Waals surface area contributed by atoms with E-state index in [9.17, 15) is 12.8 Å². The fourth-order valence-electron chi connectivity index (χ4n) is 2.30. The van der Waals surface area contributed by atoms with Crippen molar-refractivity contribution in [3.63, 3.8) is 0 Å². The minimum Gasteiger partial charge on any atom is -0.313 e. The quantitative estimate of drug-likeness (QED) is 0.879. The fourth-order valence-corrected chi connectivity index (χ4v) is 3.81. The highest BCUT2D eigenvalue weighted by Gasteiger charge is 2.26. The average molecular weight is 286 g/mol. The Morgan fingerprint density at radius 1 is 1.42 bits per heavy atom. The van der Waals surface area contributed by atoms with Gasteiger partial charge in [-0.25, -0.2) is 17.5 Å². The van der Waals surface area contributed by atoms with Crippen molar-refractivity contribution in [2.45, 2.75) is 37.6 Å². The van der Waals surface area contributed by atoms with Crippen LogP contribution >= 0.6 is 0 Å². The molecule has 0 bridgehead atoms. The zero-order valence-corrected chi connectivity index (χ0v) is 11.7. The minimum absolute atomic E-state index is 0.101. The molecule has 19 heavy (non-hydrogen) atoms. The summed E-state index contributed by atoms with van der Waals surface area (Å²) in [7, 11) is -3.52. The van der Waals surface area contributed by atoms with Gasteiger partial charge in [0.1, 0.15) is 5.82 Å². The summed E-state index contributed by atoms with van der Waals surface area (Å²) in [5, 5.41) is 3.23. The van der Waals surface area contributed by atoms with Crippen molar-refractivity contribution in [1.82, 2.24) is 10.0 Å². The first kappa shape index (κ1) is 14.4. The number of piperidine rings is 1. The van der Waals surface area contributed by atoms with Crippen LogP contribution in [0, 0.1) is 5.82 Å². The van der Waals surface area contributed by atoms with Crippen molar-refractivity contribution < 1.29 is 12.8 Å². The van der Waals surface area contributed by atoms with E-state index in [4.69, 9.17) is 0 Å². The van der Waals surface area contributed by atoms with E-state index in [0.717, 1.165) is 19.4 Å². The van der Waals surface area contributed by atoms with Crippen molar-refractivity contribution >= 4 is 10.0 Å². The Kier molecular flexibility index (Phi) is 4.54. The Morgan fingerprint density at radius 3 is 2.84 bits per heavy atom. The van der Waals surface area contributed by atoms with Gasteiger partial charge in [0.05, 0.1) is 5.75 Å². The average Bonchev–Trinajstić information content (AvgIpc) is 2.35. The third-order valence-corrected chi connectivity index (χ3v) is 4.75. The third kappa shape index (κ3) is 3.99. The highest BCUT2D eigenvalue weighted by atomic mass is 32.2. The minimum atomic E-state index is -3.52. The molecule has 2 atom stereocenters. The van der Waals surface area contributed by atoms with Gasteiger partial charge in [-0.1, -0.05) is 18.2 Å². The molecule has 1 heterocycles. The van der Waals surface area contributed by atoms with E-state index in [2.05, 4.69) is 10.0 Å². The van der Waals surface area contributed by atoms with Crippen molar-refractivity contribution in [2.24, 2.45) is 0 Å². The molecule has 1 aliphatic rings. The number of nitrogens with one attached hydrogen (secondary N) is 2. The molecule has 4 nitrogen and oxygen atoms in total. The molecule has 2 rings (SSSR count). The Bertz CT molecular complexity index is 533. The first-order valence-electron chi connectivity index (χ1n) is 6.45. The fraction of sp³-hybridized carbons (Fsp3) is 0.538. The summed E-state index contributed by atoms with van der Waals surface area (Å²) in [4.78, 5) is 0. The highest BCUT2D eigenvalue weighted by molar-refractivity contribution is 7.88. The Hall–Kier alpha value is -0.980. The van der Waals surface area contributed by atoms with E-state index in [1.54, 1.807) is 12.1 Å². The predicted molar refractivity (Wildman–Crippen MR) is 72.6 cm³/mol. The molecule has 0 amide bonds. The first-order chi connectivity index (χ1) is 8.98. The lowest BCUT2D eigenvalue weighted by Crippen LogP contribution is -2.52. The lowest BCUT2D eigenvalue weighted by Gasteiger charge is -2.30. The second-order valence-electron chi connectivity index (χ2n) is 4.96. The molecule has 0 aromatic heterocycles. The van der Waals surface area contributed by atoms with E-state index in [1.807, 2.05) is 6.92 Å². The van der Waals surface area contributed by atoms with E-state index < -0.39 is 15.8 Å². The summed E-state index contributed by atoms with van der Waals surface area (Å²) in [6.45, 7) is 2.86. The smallest absolute Gasteiger partial charge is 0.216 e. The highest BCUT2D eigenvalue weighted by Crippen LogP contribution is 2.13. The molecule has 1 aromatic carbocycles. The van der Waals surface area contributed by atoms with Crippen LogP contribution in [-0.4, -0.2) is 27.0 Å². The first-order valence-corrected chi connectivity index (χ1v) is 8.10. The standard InChI is InChI=1S/C13H19FN2O2S/c1-10-13(7-4-8-15-10)16-19(17,18)9-11-5-2-3-6-12(11)14/h2-3,5-6,10,13,15-16H,4,7-9H2,1H3. The lowest BCUT2D eigenvalue weighted by molar-refractivity contribution is 0.348. The zero-order valence-electron chi connectivity index (χ0n) is 10.9. The van der Waals surface area contributed by atoms with Crippen LogP contribution in [0.15, 0.2) is 24.3 Å². The molecule has 1 aliphatic heterocycles. The van der Waals surface area contributed by atoms with Crippen LogP contribution in [0.1, 0.15) is 25.3 Å². The van der Waals surface area contributed by atoms with Gasteiger partial charge in [0, 0.05) is 17.6 Å². The van der Waals surface area contributed by atoms with Crippen LogP contribution < -0.4 is 10.0 Å². The van der Waals surface area contributed by atoms with E-state index >= 15 is 0 Å². The second kappa shape index (κ2) is 5.98. The molecule has 1 aromatic rings. The summed E-state index contributed by atoms with van der Waals surface area (Å²) in [6, 6.07) is 5.94. The number of halogens is 1. The maximum absolute atomic E-state index is 13.5. The summed E-state index contributed by atoms with van der Waals surface area (Å²) in [5.74, 6) is -0.800. The SMILES string of the molecule is CC1NCCCC1NS(=O)(=O)Cc1ccccc1F. The largest absolute Gasteiger partial charge is 0.313 e. The number of benzene rings is 1. The summed E-state index contributed by atoms with van der Waals surface area (Å²) >= 11 is 0. The molecule has 2 unspecified atom stereocenters.